The third-order valence-electron chi connectivity index (χ3n) is 1.63. The number of fused-ring (bicyclic) bond motifs is 1. The Bertz CT molecular complexity index is 382. The SMILES string of the molecule is Cl.Clc1cccc2cnccc12. The van der Waals surface area contributed by atoms with Gasteiger partial charge in [0.2, 0.25) is 0 Å². The van der Waals surface area contributed by atoms with E-state index in [1.54, 1.807) is 12.4 Å². The number of hydrogen-bond donors (Lipinski definition) is 0. The van der Waals surface area contributed by atoms with E-state index >= 15 is 0 Å². The highest BCUT2D eigenvalue weighted by Crippen LogP contribution is 2.21. The molecular weight excluding hydrogens is 193 g/mol. The molecule has 0 aliphatic rings. The molecule has 0 atom stereocenters. The van der Waals surface area contributed by atoms with E-state index in [4.69, 9.17) is 11.6 Å². The summed E-state index contributed by atoms with van der Waals surface area (Å²) >= 11 is 5.93. The summed E-state index contributed by atoms with van der Waals surface area (Å²) in [7, 11) is 0. The maximum atomic E-state index is 5.93. The lowest BCUT2D eigenvalue weighted by Crippen LogP contribution is -1.74. The number of pyridine rings is 1. The molecule has 0 N–H and O–H groups in total. The summed E-state index contributed by atoms with van der Waals surface area (Å²) in [6.45, 7) is 0. The topological polar surface area (TPSA) is 12.9 Å². The number of aromatic nitrogens is 1. The van der Waals surface area contributed by atoms with Crippen molar-refractivity contribution >= 4 is 34.8 Å². The quantitative estimate of drug-likeness (QED) is 0.635. The summed E-state index contributed by atoms with van der Waals surface area (Å²) in [5.74, 6) is 0. The molecule has 0 spiro atoms. The second kappa shape index (κ2) is 3.74. The fourth-order valence-electron chi connectivity index (χ4n) is 1.08. The Kier molecular flexibility index (Phi) is 2.90. The first-order valence-electron chi connectivity index (χ1n) is 3.36. The van der Waals surface area contributed by atoms with E-state index in [9.17, 15) is 0 Å². The number of hydrogen-bond acceptors (Lipinski definition) is 1. The average Bonchev–Trinajstić information content (AvgIpc) is 2.06. The molecule has 12 heavy (non-hydrogen) atoms. The van der Waals surface area contributed by atoms with Crippen LogP contribution < -0.4 is 0 Å². The van der Waals surface area contributed by atoms with E-state index < -0.39 is 0 Å². The minimum absolute atomic E-state index is 0. The van der Waals surface area contributed by atoms with Crippen LogP contribution in [0.1, 0.15) is 0 Å². The van der Waals surface area contributed by atoms with Crippen molar-refractivity contribution in [3.8, 4) is 0 Å². The van der Waals surface area contributed by atoms with E-state index in [-0.39, 0.29) is 12.4 Å². The fourth-order valence-corrected chi connectivity index (χ4v) is 1.33. The van der Waals surface area contributed by atoms with Crippen LogP contribution in [0, 0.1) is 0 Å². The van der Waals surface area contributed by atoms with Crippen molar-refractivity contribution in [1.82, 2.24) is 4.98 Å². The van der Waals surface area contributed by atoms with E-state index in [1.165, 1.54) is 0 Å². The molecule has 0 fully saturated rings. The average molecular weight is 200 g/mol. The lowest BCUT2D eigenvalue weighted by atomic mass is 10.2. The zero-order valence-electron chi connectivity index (χ0n) is 6.20. The van der Waals surface area contributed by atoms with Crippen LogP contribution in [0.15, 0.2) is 36.7 Å². The first-order chi connectivity index (χ1) is 5.38. The van der Waals surface area contributed by atoms with Gasteiger partial charge in [0.1, 0.15) is 0 Å². The number of benzene rings is 1. The standard InChI is InChI=1S/C9H6ClN.ClH/c10-9-3-1-2-7-6-11-5-4-8(7)9;/h1-6H;1H. The summed E-state index contributed by atoms with van der Waals surface area (Å²) in [5.41, 5.74) is 0. The molecule has 0 amide bonds. The van der Waals surface area contributed by atoms with E-state index in [2.05, 4.69) is 4.98 Å². The summed E-state index contributed by atoms with van der Waals surface area (Å²) in [6, 6.07) is 7.71. The van der Waals surface area contributed by atoms with E-state index in [0.29, 0.717) is 0 Å². The predicted molar refractivity (Wildman–Crippen MR) is 54.0 cm³/mol. The summed E-state index contributed by atoms with van der Waals surface area (Å²) in [5, 5.41) is 2.93. The molecule has 1 aromatic heterocycles. The second-order valence-electron chi connectivity index (χ2n) is 2.34. The molecule has 0 saturated heterocycles. The molecule has 0 saturated carbocycles. The molecular formula is C9H7Cl2N. The van der Waals surface area contributed by atoms with Gasteiger partial charge in [-0.05, 0) is 12.1 Å². The van der Waals surface area contributed by atoms with Crippen LogP contribution in [0.5, 0.6) is 0 Å². The maximum Gasteiger partial charge on any atom is 0.0485 e. The highest BCUT2D eigenvalue weighted by atomic mass is 35.5. The van der Waals surface area contributed by atoms with Gasteiger partial charge >= 0.3 is 0 Å². The first kappa shape index (κ1) is 9.30. The monoisotopic (exact) mass is 199 g/mol. The van der Waals surface area contributed by atoms with Gasteiger partial charge in [0.15, 0.2) is 0 Å². The highest BCUT2D eigenvalue weighted by Gasteiger charge is 1.94. The van der Waals surface area contributed by atoms with Crippen LogP contribution in [-0.4, -0.2) is 4.98 Å². The van der Waals surface area contributed by atoms with Crippen molar-refractivity contribution < 1.29 is 0 Å². The van der Waals surface area contributed by atoms with Gasteiger partial charge < -0.3 is 0 Å². The Hall–Kier alpha value is -0.790. The fraction of sp³-hybridized carbons (Fsp3) is 0. The molecule has 0 radical (unpaired) electrons. The zero-order chi connectivity index (χ0) is 7.68. The smallest absolute Gasteiger partial charge is 0.0485 e. The lowest BCUT2D eigenvalue weighted by molar-refractivity contribution is 1.36. The Balaban J connectivity index is 0.000000720. The van der Waals surface area contributed by atoms with Crippen molar-refractivity contribution in [1.29, 1.82) is 0 Å². The van der Waals surface area contributed by atoms with Gasteiger partial charge in [-0.15, -0.1) is 12.4 Å². The molecule has 0 unspecified atom stereocenters. The Labute approximate surface area is 81.8 Å². The number of halogens is 2. The molecule has 1 aromatic carbocycles. The van der Waals surface area contributed by atoms with Crippen LogP contribution in [-0.2, 0) is 0 Å². The first-order valence-corrected chi connectivity index (χ1v) is 3.74. The normalized spacial score (nSPS) is 9.42. The molecule has 0 aliphatic carbocycles. The number of nitrogens with zero attached hydrogens (tertiary/aromatic N) is 1. The van der Waals surface area contributed by atoms with Crippen molar-refractivity contribution in [2.75, 3.05) is 0 Å². The molecule has 0 bridgehead atoms. The van der Waals surface area contributed by atoms with Crippen molar-refractivity contribution in [2.24, 2.45) is 0 Å². The third-order valence-corrected chi connectivity index (χ3v) is 1.96. The zero-order valence-corrected chi connectivity index (χ0v) is 7.77. The van der Waals surface area contributed by atoms with Gasteiger partial charge in [0.25, 0.3) is 0 Å². The Morgan fingerprint density at radius 3 is 2.75 bits per heavy atom. The van der Waals surface area contributed by atoms with Crippen molar-refractivity contribution in [2.45, 2.75) is 0 Å². The number of rotatable bonds is 0. The van der Waals surface area contributed by atoms with Gasteiger partial charge in [0.05, 0.1) is 0 Å². The van der Waals surface area contributed by atoms with Crippen LogP contribution in [0.3, 0.4) is 0 Å². The van der Waals surface area contributed by atoms with Crippen LogP contribution >= 0.6 is 24.0 Å². The van der Waals surface area contributed by atoms with E-state index in [1.807, 2.05) is 24.3 Å². The lowest BCUT2D eigenvalue weighted by Gasteiger charge is -1.96. The minimum Gasteiger partial charge on any atom is -0.264 e. The second-order valence-corrected chi connectivity index (χ2v) is 2.74. The molecule has 1 heterocycles. The Morgan fingerprint density at radius 1 is 1.17 bits per heavy atom. The summed E-state index contributed by atoms with van der Waals surface area (Å²) in [6.07, 6.45) is 3.55. The van der Waals surface area contributed by atoms with Crippen molar-refractivity contribution in [3.05, 3.63) is 41.7 Å². The highest BCUT2D eigenvalue weighted by molar-refractivity contribution is 6.35. The molecule has 2 aromatic rings. The van der Waals surface area contributed by atoms with Gasteiger partial charge in [-0.2, -0.15) is 0 Å². The molecule has 2 rings (SSSR count). The van der Waals surface area contributed by atoms with Gasteiger partial charge in [-0.25, -0.2) is 0 Å². The van der Waals surface area contributed by atoms with Gasteiger partial charge in [-0.1, -0.05) is 23.7 Å². The molecule has 0 aliphatic heterocycles. The summed E-state index contributed by atoms with van der Waals surface area (Å²) < 4.78 is 0. The maximum absolute atomic E-state index is 5.93. The predicted octanol–water partition coefficient (Wildman–Crippen LogP) is 3.31. The molecule has 62 valence electrons. The van der Waals surface area contributed by atoms with Crippen LogP contribution in [0.2, 0.25) is 5.02 Å². The third kappa shape index (κ3) is 1.52. The largest absolute Gasteiger partial charge is 0.264 e. The van der Waals surface area contributed by atoms with Gasteiger partial charge in [0, 0.05) is 28.2 Å². The van der Waals surface area contributed by atoms with Crippen molar-refractivity contribution in [3.63, 3.8) is 0 Å². The van der Waals surface area contributed by atoms with Crippen LogP contribution in [0.4, 0.5) is 0 Å². The molecule has 3 heteroatoms. The van der Waals surface area contributed by atoms with E-state index in [0.717, 1.165) is 15.8 Å². The van der Waals surface area contributed by atoms with Gasteiger partial charge in [-0.3, -0.25) is 4.98 Å². The summed E-state index contributed by atoms with van der Waals surface area (Å²) in [4.78, 5) is 4.00. The Morgan fingerprint density at radius 2 is 2.00 bits per heavy atom. The van der Waals surface area contributed by atoms with Crippen LogP contribution in [0.25, 0.3) is 10.8 Å². The minimum atomic E-state index is 0. The molecule has 1 nitrogen and oxygen atoms in total.